The van der Waals surface area contributed by atoms with E-state index in [1.807, 2.05) is 30.3 Å². The number of hydrogen-bond donors (Lipinski definition) is 1. The summed E-state index contributed by atoms with van der Waals surface area (Å²) < 4.78 is 0. The van der Waals surface area contributed by atoms with Crippen LogP contribution in [0.2, 0.25) is 0 Å². The van der Waals surface area contributed by atoms with E-state index in [0.717, 1.165) is 21.8 Å². The summed E-state index contributed by atoms with van der Waals surface area (Å²) in [5, 5.41) is 13.5. The fourth-order valence-corrected chi connectivity index (χ4v) is 1.52. The van der Waals surface area contributed by atoms with Gasteiger partial charge >= 0.3 is 0 Å². The fraction of sp³-hybridized carbons (Fsp3) is 0. The molecule has 0 saturated carbocycles. The summed E-state index contributed by atoms with van der Waals surface area (Å²) >= 11 is 0. The maximum atomic E-state index is 8.49. The summed E-state index contributed by atoms with van der Waals surface area (Å²) in [5.41, 5.74) is 1.59. The van der Waals surface area contributed by atoms with Crippen molar-refractivity contribution in [3.05, 3.63) is 42.0 Å². The van der Waals surface area contributed by atoms with Crippen LogP contribution in [-0.2, 0) is 0 Å². The molecular formula is C11H8BNO. The Hall–Kier alpha value is -1.77. The third-order valence-electron chi connectivity index (χ3n) is 2.19. The van der Waals surface area contributed by atoms with Crippen LogP contribution in [0, 0.1) is 0 Å². The standard InChI is InChI=1S/C11H8BNO/c12-11-6-5-8(7-13-14)9-3-1-2-4-10(9)11/h1-7,14H/b13-7+. The lowest BCUT2D eigenvalue weighted by Crippen LogP contribution is -2.04. The molecule has 2 aromatic carbocycles. The largest absolute Gasteiger partial charge is 0.411 e. The average molecular weight is 181 g/mol. The van der Waals surface area contributed by atoms with Gasteiger partial charge in [-0.1, -0.05) is 47.0 Å². The molecule has 0 fully saturated rings. The molecule has 0 aromatic heterocycles. The van der Waals surface area contributed by atoms with Gasteiger partial charge in [0, 0.05) is 5.56 Å². The molecule has 0 amide bonds. The second kappa shape index (κ2) is 3.54. The van der Waals surface area contributed by atoms with E-state index in [2.05, 4.69) is 5.16 Å². The molecule has 2 aromatic rings. The topological polar surface area (TPSA) is 32.6 Å². The SMILES string of the molecule is [B]c1ccc(/C=N/O)c2ccccc12. The number of rotatable bonds is 1. The van der Waals surface area contributed by atoms with Crippen LogP contribution in [0.25, 0.3) is 10.8 Å². The fourth-order valence-electron chi connectivity index (χ4n) is 1.52. The van der Waals surface area contributed by atoms with Crippen molar-refractivity contribution in [2.24, 2.45) is 5.16 Å². The van der Waals surface area contributed by atoms with Gasteiger partial charge in [-0.05, 0) is 10.8 Å². The molecule has 2 rings (SSSR count). The highest BCUT2D eigenvalue weighted by molar-refractivity contribution is 6.39. The number of benzene rings is 2. The van der Waals surface area contributed by atoms with Crippen molar-refractivity contribution in [3.8, 4) is 0 Å². The summed E-state index contributed by atoms with van der Waals surface area (Å²) in [7, 11) is 5.81. The van der Waals surface area contributed by atoms with Crippen molar-refractivity contribution < 1.29 is 5.21 Å². The van der Waals surface area contributed by atoms with Crippen LogP contribution in [0.5, 0.6) is 0 Å². The van der Waals surface area contributed by atoms with Crippen LogP contribution in [0.3, 0.4) is 0 Å². The quantitative estimate of drug-likeness (QED) is 0.307. The van der Waals surface area contributed by atoms with E-state index in [4.69, 9.17) is 13.1 Å². The monoisotopic (exact) mass is 181 g/mol. The lowest BCUT2D eigenvalue weighted by atomic mass is 9.88. The Balaban J connectivity index is 2.81. The van der Waals surface area contributed by atoms with Crippen LogP contribution in [0.15, 0.2) is 41.6 Å². The van der Waals surface area contributed by atoms with E-state index in [1.54, 1.807) is 6.07 Å². The average Bonchev–Trinajstić information content (AvgIpc) is 2.23. The number of oxime groups is 1. The van der Waals surface area contributed by atoms with Gasteiger partial charge in [-0.3, -0.25) is 0 Å². The van der Waals surface area contributed by atoms with E-state index >= 15 is 0 Å². The lowest BCUT2D eigenvalue weighted by Gasteiger charge is -2.04. The van der Waals surface area contributed by atoms with Crippen LogP contribution in [0.4, 0.5) is 0 Å². The molecule has 2 nitrogen and oxygen atoms in total. The van der Waals surface area contributed by atoms with E-state index in [0.29, 0.717) is 0 Å². The van der Waals surface area contributed by atoms with Gasteiger partial charge in [0.1, 0.15) is 7.85 Å². The Morgan fingerprint density at radius 3 is 2.50 bits per heavy atom. The minimum absolute atomic E-state index is 0.732. The molecule has 0 bridgehead atoms. The van der Waals surface area contributed by atoms with Gasteiger partial charge in [-0.25, -0.2) is 0 Å². The van der Waals surface area contributed by atoms with E-state index in [1.165, 1.54) is 6.21 Å². The van der Waals surface area contributed by atoms with Crippen molar-refractivity contribution in [3.63, 3.8) is 0 Å². The third-order valence-corrected chi connectivity index (χ3v) is 2.19. The normalized spacial score (nSPS) is 11.1. The van der Waals surface area contributed by atoms with Crippen molar-refractivity contribution in [1.29, 1.82) is 0 Å². The van der Waals surface area contributed by atoms with Crippen LogP contribution < -0.4 is 5.46 Å². The molecule has 14 heavy (non-hydrogen) atoms. The van der Waals surface area contributed by atoms with E-state index < -0.39 is 0 Å². The van der Waals surface area contributed by atoms with Gasteiger partial charge in [0.05, 0.1) is 6.21 Å². The second-order valence-electron chi connectivity index (χ2n) is 3.03. The highest BCUT2D eigenvalue weighted by Gasteiger charge is 1.99. The van der Waals surface area contributed by atoms with Crippen molar-refractivity contribution in [2.75, 3.05) is 0 Å². The number of hydrogen-bond acceptors (Lipinski definition) is 2. The summed E-state index contributed by atoms with van der Waals surface area (Å²) in [6.07, 6.45) is 1.40. The Morgan fingerprint density at radius 2 is 1.79 bits per heavy atom. The zero-order valence-corrected chi connectivity index (χ0v) is 7.51. The summed E-state index contributed by atoms with van der Waals surface area (Å²) in [6, 6.07) is 11.4. The van der Waals surface area contributed by atoms with Gasteiger partial charge in [0.15, 0.2) is 0 Å². The first-order valence-electron chi connectivity index (χ1n) is 4.27. The first-order chi connectivity index (χ1) is 6.83. The van der Waals surface area contributed by atoms with Gasteiger partial charge < -0.3 is 5.21 Å². The second-order valence-corrected chi connectivity index (χ2v) is 3.03. The maximum Gasteiger partial charge on any atom is 0.114 e. The molecule has 0 atom stereocenters. The third kappa shape index (κ3) is 1.37. The Kier molecular flexibility index (Phi) is 2.23. The number of nitrogens with zero attached hydrogens (tertiary/aromatic N) is 1. The molecule has 0 spiro atoms. The Morgan fingerprint density at radius 1 is 1.07 bits per heavy atom. The zero-order valence-electron chi connectivity index (χ0n) is 7.51. The first-order valence-corrected chi connectivity index (χ1v) is 4.27. The number of fused-ring (bicyclic) bond motifs is 1. The summed E-state index contributed by atoms with van der Waals surface area (Å²) in [5.74, 6) is 0. The van der Waals surface area contributed by atoms with Gasteiger partial charge in [-0.2, -0.15) is 0 Å². The molecule has 3 heteroatoms. The van der Waals surface area contributed by atoms with Crippen LogP contribution in [-0.4, -0.2) is 19.3 Å². The molecule has 0 aliphatic rings. The Labute approximate surface area is 83.3 Å². The predicted molar refractivity (Wildman–Crippen MR) is 58.7 cm³/mol. The molecular weight excluding hydrogens is 173 g/mol. The highest BCUT2D eigenvalue weighted by atomic mass is 16.4. The van der Waals surface area contributed by atoms with E-state index in [9.17, 15) is 0 Å². The lowest BCUT2D eigenvalue weighted by molar-refractivity contribution is 0.322. The molecule has 0 aliphatic heterocycles. The molecule has 0 heterocycles. The summed E-state index contributed by atoms with van der Waals surface area (Å²) in [4.78, 5) is 0. The van der Waals surface area contributed by atoms with Crippen molar-refractivity contribution in [1.82, 2.24) is 0 Å². The molecule has 1 N–H and O–H groups in total. The minimum Gasteiger partial charge on any atom is -0.411 e. The molecule has 0 saturated heterocycles. The minimum atomic E-state index is 0.732. The molecule has 66 valence electrons. The predicted octanol–water partition coefficient (Wildman–Crippen LogP) is 1.44. The van der Waals surface area contributed by atoms with Crippen LogP contribution in [0.1, 0.15) is 5.56 Å². The highest BCUT2D eigenvalue weighted by Crippen LogP contribution is 2.14. The van der Waals surface area contributed by atoms with Crippen molar-refractivity contribution in [2.45, 2.75) is 0 Å². The molecule has 0 unspecified atom stereocenters. The molecule has 0 aliphatic carbocycles. The zero-order chi connectivity index (χ0) is 9.97. The van der Waals surface area contributed by atoms with Gasteiger partial charge in [-0.15, -0.1) is 0 Å². The summed E-state index contributed by atoms with van der Waals surface area (Å²) in [6.45, 7) is 0. The van der Waals surface area contributed by atoms with Crippen LogP contribution >= 0.6 is 0 Å². The first kappa shape index (κ1) is 8.82. The van der Waals surface area contributed by atoms with Crippen molar-refractivity contribution >= 4 is 30.3 Å². The Bertz CT molecular complexity index is 494. The van der Waals surface area contributed by atoms with Gasteiger partial charge in [0.2, 0.25) is 0 Å². The van der Waals surface area contributed by atoms with Gasteiger partial charge in [0.25, 0.3) is 0 Å². The molecule has 2 radical (unpaired) electrons. The van der Waals surface area contributed by atoms with E-state index in [-0.39, 0.29) is 0 Å². The smallest absolute Gasteiger partial charge is 0.114 e. The maximum absolute atomic E-state index is 8.49.